The summed E-state index contributed by atoms with van der Waals surface area (Å²) >= 11 is 0. The number of nitrogens with zero attached hydrogens (tertiary/aromatic N) is 2. The summed E-state index contributed by atoms with van der Waals surface area (Å²) in [5.41, 5.74) is 1.14. The van der Waals surface area contributed by atoms with E-state index in [0.717, 1.165) is 25.4 Å². The van der Waals surface area contributed by atoms with Crippen LogP contribution in [0, 0.1) is 5.92 Å². The maximum absolute atomic E-state index is 5.70. The number of ether oxygens (including phenoxy) is 1. The lowest BCUT2D eigenvalue weighted by Crippen LogP contribution is -2.32. The van der Waals surface area contributed by atoms with Crippen molar-refractivity contribution in [2.75, 3.05) is 19.7 Å². The molecule has 4 heteroatoms. The lowest BCUT2D eigenvalue weighted by atomic mass is 10.0. The minimum atomic E-state index is 0.674. The first-order valence-corrected chi connectivity index (χ1v) is 5.60. The SMILES string of the molecule is Cn1cncc1COCC1CCCNC1. The quantitative estimate of drug-likeness (QED) is 0.802. The highest BCUT2D eigenvalue weighted by molar-refractivity contribution is 4.94. The Labute approximate surface area is 90.6 Å². The van der Waals surface area contributed by atoms with Gasteiger partial charge in [-0.15, -0.1) is 0 Å². The van der Waals surface area contributed by atoms with Gasteiger partial charge in [0.05, 0.1) is 31.4 Å². The zero-order valence-corrected chi connectivity index (χ0v) is 9.28. The number of aromatic nitrogens is 2. The van der Waals surface area contributed by atoms with Crippen molar-refractivity contribution in [1.29, 1.82) is 0 Å². The molecular formula is C11H19N3O. The molecule has 15 heavy (non-hydrogen) atoms. The molecule has 0 spiro atoms. The lowest BCUT2D eigenvalue weighted by Gasteiger charge is -2.22. The maximum atomic E-state index is 5.70. The van der Waals surface area contributed by atoms with E-state index >= 15 is 0 Å². The van der Waals surface area contributed by atoms with E-state index in [9.17, 15) is 0 Å². The molecule has 1 aromatic heterocycles. The fourth-order valence-corrected chi connectivity index (χ4v) is 1.92. The Morgan fingerprint density at radius 3 is 3.27 bits per heavy atom. The molecule has 4 nitrogen and oxygen atoms in total. The Balaban J connectivity index is 1.68. The molecule has 0 radical (unpaired) electrons. The Hall–Kier alpha value is -0.870. The normalized spacial score (nSPS) is 21.8. The molecule has 1 fully saturated rings. The number of nitrogens with one attached hydrogen (secondary N) is 1. The molecule has 0 aromatic carbocycles. The summed E-state index contributed by atoms with van der Waals surface area (Å²) in [5, 5.41) is 3.39. The maximum Gasteiger partial charge on any atom is 0.0946 e. The third kappa shape index (κ3) is 3.04. The van der Waals surface area contributed by atoms with Gasteiger partial charge in [0.2, 0.25) is 0 Å². The van der Waals surface area contributed by atoms with E-state index in [1.54, 1.807) is 6.33 Å². The van der Waals surface area contributed by atoms with Crippen LogP contribution in [-0.4, -0.2) is 29.2 Å². The fraction of sp³-hybridized carbons (Fsp3) is 0.727. The molecule has 1 atom stereocenters. The van der Waals surface area contributed by atoms with E-state index in [4.69, 9.17) is 4.74 Å². The molecule has 84 valence electrons. The molecule has 0 bridgehead atoms. The number of aryl methyl sites for hydroxylation is 1. The van der Waals surface area contributed by atoms with Crippen LogP contribution in [0.25, 0.3) is 0 Å². The lowest BCUT2D eigenvalue weighted by molar-refractivity contribution is 0.0750. The van der Waals surface area contributed by atoms with Crippen molar-refractivity contribution in [3.8, 4) is 0 Å². The van der Waals surface area contributed by atoms with Gasteiger partial charge < -0.3 is 14.6 Å². The highest BCUT2D eigenvalue weighted by Gasteiger charge is 2.12. The Bertz CT molecular complexity index is 292. The summed E-state index contributed by atoms with van der Waals surface area (Å²) in [7, 11) is 1.99. The zero-order valence-electron chi connectivity index (χ0n) is 9.28. The second kappa shape index (κ2) is 5.28. The summed E-state index contributed by atoms with van der Waals surface area (Å²) in [6.45, 7) is 3.80. The summed E-state index contributed by atoms with van der Waals surface area (Å²) in [4.78, 5) is 4.06. The van der Waals surface area contributed by atoms with Gasteiger partial charge in [0.1, 0.15) is 0 Å². The van der Waals surface area contributed by atoms with Crippen LogP contribution in [0.3, 0.4) is 0 Å². The Morgan fingerprint density at radius 1 is 1.67 bits per heavy atom. The minimum Gasteiger partial charge on any atom is -0.375 e. The van der Waals surface area contributed by atoms with Crippen LogP contribution < -0.4 is 5.32 Å². The predicted octanol–water partition coefficient (Wildman–Crippen LogP) is 0.936. The van der Waals surface area contributed by atoms with Crippen LogP contribution in [0.4, 0.5) is 0 Å². The first-order valence-electron chi connectivity index (χ1n) is 5.60. The molecule has 1 aliphatic heterocycles. The van der Waals surface area contributed by atoms with Gasteiger partial charge in [-0.1, -0.05) is 0 Å². The average molecular weight is 209 g/mol. The zero-order chi connectivity index (χ0) is 10.5. The number of rotatable bonds is 4. The third-order valence-electron chi connectivity index (χ3n) is 2.92. The number of hydrogen-bond donors (Lipinski definition) is 1. The van der Waals surface area contributed by atoms with E-state index in [0.29, 0.717) is 12.5 Å². The van der Waals surface area contributed by atoms with Gasteiger partial charge in [-0.25, -0.2) is 4.98 Å². The van der Waals surface area contributed by atoms with Crippen LogP contribution in [0.5, 0.6) is 0 Å². The summed E-state index contributed by atoms with van der Waals surface area (Å²) in [5.74, 6) is 0.687. The Kier molecular flexibility index (Phi) is 3.75. The van der Waals surface area contributed by atoms with Gasteiger partial charge in [0.25, 0.3) is 0 Å². The highest BCUT2D eigenvalue weighted by Crippen LogP contribution is 2.11. The van der Waals surface area contributed by atoms with Gasteiger partial charge >= 0.3 is 0 Å². The van der Waals surface area contributed by atoms with Crippen molar-refractivity contribution in [1.82, 2.24) is 14.9 Å². The first-order chi connectivity index (χ1) is 7.36. The average Bonchev–Trinajstić information content (AvgIpc) is 2.66. The number of hydrogen-bond acceptors (Lipinski definition) is 3. The highest BCUT2D eigenvalue weighted by atomic mass is 16.5. The number of imidazole rings is 1. The van der Waals surface area contributed by atoms with Crippen molar-refractivity contribution in [2.24, 2.45) is 13.0 Å². The van der Waals surface area contributed by atoms with Crippen molar-refractivity contribution in [3.05, 3.63) is 18.2 Å². The first kappa shape index (κ1) is 10.6. The summed E-state index contributed by atoms with van der Waals surface area (Å²) < 4.78 is 7.70. The third-order valence-corrected chi connectivity index (χ3v) is 2.92. The van der Waals surface area contributed by atoms with E-state index in [1.807, 2.05) is 17.8 Å². The molecular weight excluding hydrogens is 190 g/mol. The van der Waals surface area contributed by atoms with Gasteiger partial charge in [-0.05, 0) is 25.3 Å². The van der Waals surface area contributed by atoms with Crippen LogP contribution in [0.2, 0.25) is 0 Å². The van der Waals surface area contributed by atoms with Gasteiger partial charge in [-0.2, -0.15) is 0 Å². The molecule has 1 aliphatic rings. The summed E-state index contributed by atoms with van der Waals surface area (Å²) in [6, 6.07) is 0. The van der Waals surface area contributed by atoms with E-state index < -0.39 is 0 Å². The molecule has 1 saturated heterocycles. The van der Waals surface area contributed by atoms with Crippen LogP contribution >= 0.6 is 0 Å². The van der Waals surface area contributed by atoms with E-state index in [-0.39, 0.29) is 0 Å². The Morgan fingerprint density at radius 2 is 2.60 bits per heavy atom. The minimum absolute atomic E-state index is 0.674. The van der Waals surface area contributed by atoms with Gasteiger partial charge in [0, 0.05) is 13.6 Å². The molecule has 1 aromatic rings. The predicted molar refractivity (Wildman–Crippen MR) is 58.5 cm³/mol. The smallest absolute Gasteiger partial charge is 0.0946 e. The second-order valence-corrected chi connectivity index (χ2v) is 4.22. The van der Waals surface area contributed by atoms with E-state index in [2.05, 4.69) is 10.3 Å². The molecule has 0 saturated carbocycles. The largest absolute Gasteiger partial charge is 0.375 e. The van der Waals surface area contributed by atoms with Crippen LogP contribution in [0.1, 0.15) is 18.5 Å². The topological polar surface area (TPSA) is 39.1 Å². The molecule has 1 unspecified atom stereocenters. The molecule has 0 aliphatic carbocycles. The van der Waals surface area contributed by atoms with Crippen molar-refractivity contribution in [3.63, 3.8) is 0 Å². The van der Waals surface area contributed by atoms with Crippen LogP contribution in [-0.2, 0) is 18.4 Å². The van der Waals surface area contributed by atoms with Gasteiger partial charge in [0.15, 0.2) is 0 Å². The van der Waals surface area contributed by atoms with Crippen molar-refractivity contribution in [2.45, 2.75) is 19.4 Å². The van der Waals surface area contributed by atoms with Crippen molar-refractivity contribution >= 4 is 0 Å². The molecule has 2 heterocycles. The molecule has 0 amide bonds. The second-order valence-electron chi connectivity index (χ2n) is 4.22. The standard InChI is InChI=1S/C11H19N3O/c1-14-9-13-6-11(14)8-15-7-10-3-2-4-12-5-10/h6,9-10,12H,2-5,7-8H2,1H3. The van der Waals surface area contributed by atoms with Crippen LogP contribution in [0.15, 0.2) is 12.5 Å². The fourth-order valence-electron chi connectivity index (χ4n) is 1.92. The summed E-state index contributed by atoms with van der Waals surface area (Å²) in [6.07, 6.45) is 6.23. The van der Waals surface area contributed by atoms with Gasteiger partial charge in [-0.3, -0.25) is 0 Å². The van der Waals surface area contributed by atoms with E-state index in [1.165, 1.54) is 12.8 Å². The number of piperidine rings is 1. The molecule has 1 N–H and O–H groups in total. The monoisotopic (exact) mass is 209 g/mol. The van der Waals surface area contributed by atoms with Crippen molar-refractivity contribution < 1.29 is 4.74 Å². The molecule has 2 rings (SSSR count).